The Bertz CT molecular complexity index is 2820. The van der Waals surface area contributed by atoms with Gasteiger partial charge >= 0.3 is 0 Å². The molecular formula is C52H62N12O6. The Hall–Kier alpha value is -6.82. The fourth-order valence-corrected chi connectivity index (χ4v) is 12.7. The van der Waals surface area contributed by atoms with Gasteiger partial charge in [0, 0.05) is 88.3 Å². The van der Waals surface area contributed by atoms with Gasteiger partial charge in [-0.25, -0.2) is 9.97 Å². The van der Waals surface area contributed by atoms with Gasteiger partial charge in [-0.15, -0.1) is 0 Å². The van der Waals surface area contributed by atoms with Crippen LogP contribution in [0.3, 0.4) is 0 Å². The van der Waals surface area contributed by atoms with Crippen LogP contribution in [-0.4, -0.2) is 141 Å². The van der Waals surface area contributed by atoms with Crippen LogP contribution in [0.1, 0.15) is 119 Å². The van der Waals surface area contributed by atoms with Crippen LogP contribution in [0, 0.1) is 5.41 Å². The molecule has 70 heavy (non-hydrogen) atoms. The number of fused-ring (bicyclic) bond motifs is 4. The Morgan fingerprint density at radius 2 is 1.51 bits per heavy atom. The van der Waals surface area contributed by atoms with Crippen LogP contribution in [0.25, 0.3) is 0 Å². The maximum absolute atomic E-state index is 14.1. The van der Waals surface area contributed by atoms with E-state index in [1.807, 2.05) is 24.4 Å². The largest absolute Gasteiger partial charge is 0.371 e. The number of carbonyl (C=O) groups is 6. The van der Waals surface area contributed by atoms with Gasteiger partial charge in [-0.2, -0.15) is 0 Å². The van der Waals surface area contributed by atoms with Crippen LogP contribution >= 0.6 is 0 Å². The molecule has 1 aliphatic carbocycles. The Kier molecular flexibility index (Phi) is 11.4. The third-order valence-electron chi connectivity index (χ3n) is 16.2. The number of anilines is 5. The van der Waals surface area contributed by atoms with Crippen molar-refractivity contribution in [2.24, 2.45) is 11.1 Å². The normalized spacial score (nSPS) is 25.0. The van der Waals surface area contributed by atoms with E-state index < -0.39 is 35.6 Å². The molecule has 4 fully saturated rings. The number of primary amides is 1. The van der Waals surface area contributed by atoms with Crippen LogP contribution in [0.2, 0.25) is 0 Å². The second-order valence-electron chi connectivity index (χ2n) is 21.2. The van der Waals surface area contributed by atoms with E-state index in [-0.39, 0.29) is 53.5 Å². The number of aromatic nitrogens is 3. The number of benzene rings is 1. The average molecular weight is 951 g/mol. The van der Waals surface area contributed by atoms with E-state index in [1.165, 1.54) is 11.3 Å². The van der Waals surface area contributed by atoms with Gasteiger partial charge < -0.3 is 35.2 Å². The molecule has 9 heterocycles. The lowest BCUT2D eigenvalue weighted by Gasteiger charge is -2.47. The van der Waals surface area contributed by atoms with Crippen molar-refractivity contribution in [2.75, 3.05) is 65.8 Å². The topological polar surface area (TPSA) is 203 Å². The first-order valence-corrected chi connectivity index (χ1v) is 25.1. The number of nitrogens with zero attached hydrogens (tertiary/aromatic N) is 9. The Morgan fingerprint density at radius 3 is 2.26 bits per heavy atom. The minimum Gasteiger partial charge on any atom is -0.371 e. The SMILES string of the molecule is C[C@H]1CN(C2CCN(c3ccc4c(c3)C(=O)N(C3CCC(=O)NC3=O)C4=O)CC2)CCN1c1ccc(Nc2cc(N3CCC[C@H](N4CCn5c(cc6c5CC(C)(C)C6)C4=O)[C@@H]3C)cnc2C(N)=O)nc1. The van der Waals surface area contributed by atoms with Crippen molar-refractivity contribution in [3.8, 4) is 0 Å². The number of piperidine rings is 3. The number of pyridine rings is 2. The zero-order valence-electron chi connectivity index (χ0n) is 40.4. The molecule has 4 atom stereocenters. The maximum atomic E-state index is 14.1. The van der Waals surface area contributed by atoms with Gasteiger partial charge in [0.15, 0.2) is 5.69 Å². The summed E-state index contributed by atoms with van der Waals surface area (Å²) in [7, 11) is 0. The maximum Gasteiger partial charge on any atom is 0.270 e. The van der Waals surface area contributed by atoms with Crippen molar-refractivity contribution < 1.29 is 28.8 Å². The lowest BCUT2D eigenvalue weighted by atomic mass is 9.90. The van der Waals surface area contributed by atoms with Crippen LogP contribution in [0.15, 0.2) is 54.9 Å². The van der Waals surface area contributed by atoms with Crippen LogP contribution in [-0.2, 0) is 29.0 Å². The van der Waals surface area contributed by atoms with E-state index >= 15 is 0 Å². The number of hydrogen-bond donors (Lipinski definition) is 3. The summed E-state index contributed by atoms with van der Waals surface area (Å²) in [6, 6.07) is 13.1. The first-order chi connectivity index (χ1) is 33.6. The highest BCUT2D eigenvalue weighted by molar-refractivity contribution is 6.23. The molecule has 18 nitrogen and oxygen atoms in total. The molecule has 1 aromatic carbocycles. The number of rotatable bonds is 9. The van der Waals surface area contributed by atoms with Crippen LogP contribution in [0.4, 0.5) is 28.6 Å². The number of nitrogens with one attached hydrogen (secondary N) is 2. The van der Waals surface area contributed by atoms with E-state index in [1.54, 1.807) is 18.3 Å². The summed E-state index contributed by atoms with van der Waals surface area (Å²) in [5.74, 6) is -1.96. The minimum absolute atomic E-state index is 0.0206. The standard InChI is InChI=1S/C52H62N12O6/c1-30-29-59(33-13-16-58(17-14-33)34-7-9-37-38(23-34)50(69)64(49(37)68)41-10-12-45(65)57-48(41)67)18-19-60(30)35-8-11-44(54-27-35)56-39-24-36(28-55-46(39)47(53)66)61-15-5-6-40(31(61)2)63-21-20-62-42(51(63)70)22-32-25-52(3,4)26-43(32)62/h7-9,11,22-24,27-28,30-31,33,40-41H,5-6,10,12-21,25-26,29H2,1-4H3,(H2,53,66)(H,54,56)(H,57,65,67)/t30-,31-,40-,41?/m0/s1. The third kappa shape index (κ3) is 8.02. The minimum atomic E-state index is -0.988. The van der Waals surface area contributed by atoms with Gasteiger partial charge in [-0.05, 0) is 112 Å². The highest BCUT2D eigenvalue weighted by atomic mass is 16.2. The molecule has 0 spiro atoms. The first-order valence-electron chi connectivity index (χ1n) is 25.1. The van der Waals surface area contributed by atoms with Gasteiger partial charge in [-0.1, -0.05) is 13.8 Å². The van der Waals surface area contributed by atoms with Crippen molar-refractivity contribution in [3.63, 3.8) is 0 Å². The van der Waals surface area contributed by atoms with E-state index in [0.29, 0.717) is 29.7 Å². The fourth-order valence-electron chi connectivity index (χ4n) is 12.7. The average Bonchev–Trinajstić information content (AvgIpc) is 3.93. The summed E-state index contributed by atoms with van der Waals surface area (Å²) in [6.07, 6.45) is 9.54. The van der Waals surface area contributed by atoms with Gasteiger partial charge in [-0.3, -0.25) is 43.9 Å². The summed E-state index contributed by atoms with van der Waals surface area (Å²) < 4.78 is 2.27. The van der Waals surface area contributed by atoms with Gasteiger partial charge in [0.1, 0.15) is 17.6 Å². The molecule has 1 unspecified atom stereocenters. The molecule has 4 N–H and O–H groups in total. The Labute approximate surface area is 407 Å². The zero-order chi connectivity index (χ0) is 48.7. The molecule has 366 valence electrons. The van der Waals surface area contributed by atoms with E-state index in [2.05, 4.69) is 84.5 Å². The van der Waals surface area contributed by atoms with Crippen molar-refractivity contribution >= 4 is 64.0 Å². The molecule has 3 aromatic heterocycles. The van der Waals surface area contributed by atoms with Gasteiger partial charge in [0.25, 0.3) is 23.6 Å². The predicted octanol–water partition coefficient (Wildman–Crippen LogP) is 4.34. The lowest BCUT2D eigenvalue weighted by molar-refractivity contribution is -0.136. The van der Waals surface area contributed by atoms with E-state index in [9.17, 15) is 28.8 Å². The summed E-state index contributed by atoms with van der Waals surface area (Å²) in [5, 5.41) is 5.60. The number of imide groups is 2. The molecule has 4 saturated heterocycles. The second kappa shape index (κ2) is 17.5. The van der Waals surface area contributed by atoms with E-state index in [0.717, 1.165) is 112 Å². The highest BCUT2D eigenvalue weighted by Crippen LogP contribution is 2.41. The number of carbonyl (C=O) groups excluding carboxylic acids is 6. The van der Waals surface area contributed by atoms with Crippen LogP contribution < -0.4 is 31.1 Å². The number of amides is 6. The number of nitrogens with two attached hydrogens (primary N) is 1. The molecule has 7 aliphatic rings. The third-order valence-corrected chi connectivity index (χ3v) is 16.2. The van der Waals surface area contributed by atoms with Gasteiger partial charge in [0.05, 0.1) is 46.6 Å². The lowest BCUT2D eigenvalue weighted by Crippen LogP contribution is -2.58. The molecule has 6 amide bonds. The summed E-state index contributed by atoms with van der Waals surface area (Å²) >= 11 is 0. The smallest absolute Gasteiger partial charge is 0.270 e. The Morgan fingerprint density at radius 1 is 0.757 bits per heavy atom. The fraction of sp³-hybridized carbons (Fsp3) is 0.500. The molecule has 0 radical (unpaired) electrons. The summed E-state index contributed by atoms with van der Waals surface area (Å²) in [4.78, 5) is 99.7. The second-order valence-corrected chi connectivity index (χ2v) is 21.2. The molecule has 6 aliphatic heterocycles. The van der Waals surface area contributed by atoms with Crippen LogP contribution in [0.5, 0.6) is 0 Å². The molecule has 18 heteroatoms. The highest BCUT2D eigenvalue weighted by Gasteiger charge is 2.46. The summed E-state index contributed by atoms with van der Waals surface area (Å²) in [6.45, 7) is 15.6. The number of piperazine rings is 1. The van der Waals surface area contributed by atoms with Crippen molar-refractivity contribution in [2.45, 2.75) is 116 Å². The number of hydrogen-bond acceptors (Lipinski definition) is 13. The zero-order valence-corrected chi connectivity index (χ0v) is 40.4. The molecular weight excluding hydrogens is 889 g/mol. The Balaban J connectivity index is 0.699. The predicted molar refractivity (Wildman–Crippen MR) is 263 cm³/mol. The van der Waals surface area contributed by atoms with Crippen molar-refractivity contribution in [1.82, 2.24) is 34.6 Å². The molecule has 4 aromatic rings. The molecule has 11 rings (SSSR count). The summed E-state index contributed by atoms with van der Waals surface area (Å²) in [5.41, 5.74) is 13.5. The monoisotopic (exact) mass is 950 g/mol. The quantitative estimate of drug-likeness (QED) is 0.200. The van der Waals surface area contributed by atoms with Crippen molar-refractivity contribution in [1.29, 1.82) is 0 Å². The molecule has 0 saturated carbocycles. The van der Waals surface area contributed by atoms with Gasteiger partial charge in [0.2, 0.25) is 11.8 Å². The first kappa shape index (κ1) is 45.6. The molecule has 0 bridgehead atoms. The van der Waals surface area contributed by atoms with E-state index in [4.69, 9.17) is 10.7 Å². The van der Waals surface area contributed by atoms with Crippen molar-refractivity contribution in [3.05, 3.63) is 88.6 Å².